The molecule has 4 rings (SSSR count). The second-order valence-electron chi connectivity index (χ2n) is 6.02. The highest BCUT2D eigenvalue weighted by Crippen LogP contribution is 2.27. The summed E-state index contributed by atoms with van der Waals surface area (Å²) in [6.07, 6.45) is 1.70. The number of hydrogen-bond donors (Lipinski definition) is 1. The molecule has 0 atom stereocenters. The first kappa shape index (κ1) is 20.1. The van der Waals surface area contributed by atoms with Crippen LogP contribution >= 0.6 is 23.1 Å². The van der Waals surface area contributed by atoms with Crippen LogP contribution in [0.25, 0.3) is 22.1 Å². The van der Waals surface area contributed by atoms with Gasteiger partial charge in [0, 0.05) is 18.3 Å². The minimum atomic E-state index is -0.319. The van der Waals surface area contributed by atoms with Gasteiger partial charge in [-0.25, -0.2) is 4.39 Å². The largest absolute Gasteiger partial charge is 0.301 e. The smallest absolute Gasteiger partial charge is 0.236 e. The molecule has 0 bridgehead atoms. The van der Waals surface area contributed by atoms with Gasteiger partial charge in [0.25, 0.3) is 0 Å². The number of thioether (sulfide) groups is 1. The van der Waals surface area contributed by atoms with Crippen LogP contribution in [0.2, 0.25) is 0 Å². The lowest BCUT2D eigenvalue weighted by Crippen LogP contribution is -2.14. The molecule has 1 aromatic carbocycles. The molecule has 1 amide bonds. The van der Waals surface area contributed by atoms with Crippen LogP contribution in [-0.4, -0.2) is 41.6 Å². The van der Waals surface area contributed by atoms with Gasteiger partial charge in [0.15, 0.2) is 11.0 Å². The van der Waals surface area contributed by atoms with Gasteiger partial charge in [-0.1, -0.05) is 29.2 Å². The number of carbonyl (C=O) groups is 1. The zero-order valence-electron chi connectivity index (χ0n) is 15.8. The minimum Gasteiger partial charge on any atom is -0.301 e. The molecule has 3 aromatic heterocycles. The van der Waals surface area contributed by atoms with Crippen molar-refractivity contribution in [1.82, 2.24) is 29.9 Å². The van der Waals surface area contributed by atoms with Crippen molar-refractivity contribution in [3.63, 3.8) is 0 Å². The quantitative estimate of drug-likeness (QED) is 0.436. The molecule has 3 heterocycles. The Labute approximate surface area is 179 Å². The van der Waals surface area contributed by atoms with Crippen molar-refractivity contribution < 1.29 is 9.18 Å². The topological polar surface area (TPSA) is 98.5 Å². The number of pyridine rings is 1. The Morgan fingerprint density at radius 3 is 2.70 bits per heavy atom. The number of anilines is 1. The molecule has 0 aliphatic heterocycles. The highest BCUT2D eigenvalue weighted by molar-refractivity contribution is 7.99. The number of aromatic nitrogens is 6. The maximum atomic E-state index is 13.0. The summed E-state index contributed by atoms with van der Waals surface area (Å²) >= 11 is 2.51. The molecule has 0 unspecified atom stereocenters. The lowest BCUT2D eigenvalue weighted by atomic mass is 10.2. The van der Waals surface area contributed by atoms with E-state index in [1.165, 1.54) is 35.2 Å². The normalized spacial score (nSPS) is 10.9. The Bertz CT molecular complexity index is 1150. The summed E-state index contributed by atoms with van der Waals surface area (Å²) < 4.78 is 15.0. The van der Waals surface area contributed by atoms with E-state index in [4.69, 9.17) is 0 Å². The molecule has 152 valence electrons. The fraction of sp³-hybridized carbons (Fsp3) is 0.158. The molecule has 0 aliphatic rings. The average molecular weight is 442 g/mol. The SMILES string of the molecule is CCn1c(SCC(=O)Nc2nnc(-c3ccc(F)cc3)s2)nnc1-c1ccccn1. The van der Waals surface area contributed by atoms with Gasteiger partial charge in [-0.05, 0) is 43.3 Å². The Hall–Kier alpha value is -3.18. The van der Waals surface area contributed by atoms with Gasteiger partial charge in [0.05, 0.1) is 5.75 Å². The molecular weight excluding hydrogens is 425 g/mol. The summed E-state index contributed by atoms with van der Waals surface area (Å²) in [5.41, 5.74) is 1.47. The number of benzene rings is 1. The predicted octanol–water partition coefficient (Wildman–Crippen LogP) is 3.75. The first-order chi connectivity index (χ1) is 14.6. The van der Waals surface area contributed by atoms with Crippen molar-refractivity contribution in [3.8, 4) is 22.1 Å². The highest BCUT2D eigenvalue weighted by atomic mass is 32.2. The fourth-order valence-electron chi connectivity index (χ4n) is 2.63. The summed E-state index contributed by atoms with van der Waals surface area (Å²) in [5.74, 6) is 0.257. The number of hydrogen-bond acceptors (Lipinski definition) is 8. The third-order valence-corrected chi connectivity index (χ3v) is 5.88. The number of rotatable bonds is 7. The molecule has 0 saturated heterocycles. The van der Waals surface area contributed by atoms with E-state index in [-0.39, 0.29) is 17.5 Å². The fourth-order valence-corrected chi connectivity index (χ4v) is 4.20. The summed E-state index contributed by atoms with van der Waals surface area (Å²) in [7, 11) is 0. The van der Waals surface area contributed by atoms with Crippen LogP contribution in [0.3, 0.4) is 0 Å². The molecule has 0 fully saturated rings. The van der Waals surface area contributed by atoms with Crippen LogP contribution < -0.4 is 5.32 Å². The van der Waals surface area contributed by atoms with Crippen LogP contribution in [0.15, 0.2) is 53.8 Å². The van der Waals surface area contributed by atoms with Gasteiger partial charge >= 0.3 is 0 Å². The maximum absolute atomic E-state index is 13.0. The minimum absolute atomic E-state index is 0.145. The maximum Gasteiger partial charge on any atom is 0.236 e. The lowest BCUT2D eigenvalue weighted by molar-refractivity contribution is -0.113. The van der Waals surface area contributed by atoms with E-state index in [0.717, 1.165) is 11.3 Å². The van der Waals surface area contributed by atoms with Gasteiger partial charge in [-0.15, -0.1) is 20.4 Å². The van der Waals surface area contributed by atoms with Crippen molar-refractivity contribution in [2.24, 2.45) is 0 Å². The first-order valence-corrected chi connectivity index (χ1v) is 10.8. The molecule has 0 radical (unpaired) electrons. The molecule has 4 aromatic rings. The van der Waals surface area contributed by atoms with Crippen LogP contribution in [0.1, 0.15) is 6.92 Å². The summed E-state index contributed by atoms with van der Waals surface area (Å²) in [5, 5.41) is 20.8. The average Bonchev–Trinajstić information content (AvgIpc) is 3.40. The third-order valence-electron chi connectivity index (χ3n) is 4.02. The van der Waals surface area contributed by atoms with Crippen LogP contribution in [0.4, 0.5) is 9.52 Å². The van der Waals surface area contributed by atoms with Crippen molar-refractivity contribution in [2.75, 3.05) is 11.1 Å². The standard InChI is InChI=1S/C19H16FN7OS2/c1-2-27-16(14-5-3-4-10-21-14)23-26-19(27)29-11-15(28)22-18-25-24-17(30-18)12-6-8-13(20)9-7-12/h3-10H,2,11H2,1H3,(H,22,25,28). The number of halogens is 1. The Balaban J connectivity index is 1.39. The van der Waals surface area contributed by atoms with E-state index in [9.17, 15) is 9.18 Å². The zero-order chi connectivity index (χ0) is 20.9. The molecular formula is C19H16FN7OS2. The van der Waals surface area contributed by atoms with E-state index >= 15 is 0 Å². The molecule has 1 N–H and O–H groups in total. The number of nitrogens with zero attached hydrogens (tertiary/aromatic N) is 6. The van der Waals surface area contributed by atoms with E-state index in [1.807, 2.05) is 29.7 Å². The van der Waals surface area contributed by atoms with Crippen molar-refractivity contribution in [2.45, 2.75) is 18.6 Å². The van der Waals surface area contributed by atoms with E-state index < -0.39 is 0 Å². The third kappa shape index (κ3) is 4.52. The predicted molar refractivity (Wildman–Crippen MR) is 114 cm³/mol. The van der Waals surface area contributed by atoms with Crippen molar-refractivity contribution in [3.05, 3.63) is 54.5 Å². The van der Waals surface area contributed by atoms with Crippen LogP contribution in [-0.2, 0) is 11.3 Å². The van der Waals surface area contributed by atoms with Gasteiger partial charge < -0.3 is 4.57 Å². The van der Waals surface area contributed by atoms with Crippen LogP contribution in [0.5, 0.6) is 0 Å². The van der Waals surface area contributed by atoms with Gasteiger partial charge in [0.1, 0.15) is 16.5 Å². The lowest BCUT2D eigenvalue weighted by Gasteiger charge is -2.06. The highest BCUT2D eigenvalue weighted by Gasteiger charge is 2.16. The Morgan fingerprint density at radius 2 is 1.97 bits per heavy atom. The van der Waals surface area contributed by atoms with E-state index in [1.54, 1.807) is 18.3 Å². The number of carbonyl (C=O) groups excluding carboxylic acids is 1. The monoisotopic (exact) mass is 441 g/mol. The zero-order valence-corrected chi connectivity index (χ0v) is 17.5. The first-order valence-electron chi connectivity index (χ1n) is 9.00. The Kier molecular flexibility index (Phi) is 6.10. The second-order valence-corrected chi connectivity index (χ2v) is 7.94. The number of nitrogens with one attached hydrogen (secondary N) is 1. The molecule has 0 spiro atoms. The summed E-state index contributed by atoms with van der Waals surface area (Å²) in [6, 6.07) is 11.5. The van der Waals surface area contributed by atoms with Crippen molar-refractivity contribution in [1.29, 1.82) is 0 Å². The van der Waals surface area contributed by atoms with Crippen LogP contribution in [0, 0.1) is 5.82 Å². The molecule has 30 heavy (non-hydrogen) atoms. The Morgan fingerprint density at radius 1 is 1.13 bits per heavy atom. The second kappa shape index (κ2) is 9.09. The summed E-state index contributed by atoms with van der Waals surface area (Å²) in [4.78, 5) is 16.6. The van der Waals surface area contributed by atoms with Gasteiger partial charge in [0.2, 0.25) is 11.0 Å². The number of amides is 1. The molecule has 8 nitrogen and oxygen atoms in total. The molecule has 0 aliphatic carbocycles. The molecule has 11 heteroatoms. The van der Waals surface area contributed by atoms with Gasteiger partial charge in [-0.2, -0.15) is 0 Å². The summed E-state index contributed by atoms with van der Waals surface area (Å²) in [6.45, 7) is 2.64. The molecule has 0 saturated carbocycles. The van der Waals surface area contributed by atoms with Crippen molar-refractivity contribution >= 4 is 34.1 Å². The van der Waals surface area contributed by atoms with Gasteiger partial charge in [-0.3, -0.25) is 15.1 Å². The van der Waals surface area contributed by atoms with E-state index in [2.05, 4.69) is 30.7 Å². The van der Waals surface area contributed by atoms with E-state index in [0.29, 0.717) is 27.7 Å².